The van der Waals surface area contributed by atoms with Crippen LogP contribution in [0.25, 0.3) is 0 Å². The van der Waals surface area contributed by atoms with Gasteiger partial charge in [-0.05, 0) is 20.3 Å². The SMILES string of the molecule is Cc1nn(CCCO)c(C)c1CO. The van der Waals surface area contributed by atoms with Crippen LogP contribution in [0.15, 0.2) is 0 Å². The Kier molecular flexibility index (Phi) is 3.45. The molecule has 0 radical (unpaired) electrons. The van der Waals surface area contributed by atoms with E-state index in [2.05, 4.69) is 5.10 Å². The maximum Gasteiger partial charge on any atom is 0.0718 e. The van der Waals surface area contributed by atoms with E-state index >= 15 is 0 Å². The van der Waals surface area contributed by atoms with Crippen LogP contribution in [-0.2, 0) is 13.2 Å². The van der Waals surface area contributed by atoms with E-state index in [0.717, 1.165) is 17.0 Å². The first-order valence-electron chi connectivity index (χ1n) is 4.45. The average Bonchev–Trinajstić information content (AvgIpc) is 2.38. The van der Waals surface area contributed by atoms with Crippen LogP contribution in [0, 0.1) is 13.8 Å². The molecular formula is C9H16N2O2. The Bertz CT molecular complexity index is 281. The van der Waals surface area contributed by atoms with Crippen molar-refractivity contribution in [2.45, 2.75) is 33.4 Å². The van der Waals surface area contributed by atoms with Crippen molar-refractivity contribution in [3.05, 3.63) is 17.0 Å². The minimum atomic E-state index is 0.0385. The van der Waals surface area contributed by atoms with Crippen molar-refractivity contribution in [1.29, 1.82) is 0 Å². The monoisotopic (exact) mass is 184 g/mol. The summed E-state index contributed by atoms with van der Waals surface area (Å²) in [6.07, 6.45) is 0.701. The molecule has 0 amide bonds. The van der Waals surface area contributed by atoms with E-state index in [4.69, 9.17) is 10.2 Å². The second kappa shape index (κ2) is 4.39. The summed E-state index contributed by atoms with van der Waals surface area (Å²) in [5.74, 6) is 0. The fraction of sp³-hybridized carbons (Fsp3) is 0.667. The highest BCUT2D eigenvalue weighted by Gasteiger charge is 2.09. The van der Waals surface area contributed by atoms with Gasteiger partial charge in [0.2, 0.25) is 0 Å². The fourth-order valence-electron chi connectivity index (χ4n) is 1.40. The first-order valence-corrected chi connectivity index (χ1v) is 4.45. The first kappa shape index (κ1) is 10.2. The largest absolute Gasteiger partial charge is 0.396 e. The van der Waals surface area contributed by atoms with E-state index in [1.807, 2.05) is 18.5 Å². The Labute approximate surface area is 77.8 Å². The smallest absolute Gasteiger partial charge is 0.0718 e. The van der Waals surface area contributed by atoms with Gasteiger partial charge in [-0.1, -0.05) is 0 Å². The zero-order chi connectivity index (χ0) is 9.84. The van der Waals surface area contributed by atoms with Crippen LogP contribution >= 0.6 is 0 Å². The highest BCUT2D eigenvalue weighted by atomic mass is 16.3. The summed E-state index contributed by atoms with van der Waals surface area (Å²) in [6.45, 7) is 4.74. The summed E-state index contributed by atoms with van der Waals surface area (Å²) < 4.78 is 1.83. The number of hydrogen-bond donors (Lipinski definition) is 2. The van der Waals surface area contributed by atoms with Crippen molar-refractivity contribution in [2.75, 3.05) is 6.61 Å². The average molecular weight is 184 g/mol. The third kappa shape index (κ3) is 2.08. The van der Waals surface area contributed by atoms with Gasteiger partial charge in [0.05, 0.1) is 12.3 Å². The van der Waals surface area contributed by atoms with Gasteiger partial charge in [0.25, 0.3) is 0 Å². The van der Waals surface area contributed by atoms with Gasteiger partial charge in [-0.2, -0.15) is 5.10 Å². The van der Waals surface area contributed by atoms with E-state index in [1.54, 1.807) is 0 Å². The van der Waals surface area contributed by atoms with Crippen LogP contribution in [0.1, 0.15) is 23.4 Å². The minimum absolute atomic E-state index is 0.0385. The van der Waals surface area contributed by atoms with Crippen LogP contribution < -0.4 is 0 Å². The molecule has 1 aromatic heterocycles. The van der Waals surface area contributed by atoms with Gasteiger partial charge in [-0.3, -0.25) is 4.68 Å². The van der Waals surface area contributed by atoms with E-state index in [1.165, 1.54) is 0 Å². The van der Waals surface area contributed by atoms with Crippen LogP contribution in [-0.4, -0.2) is 26.6 Å². The van der Waals surface area contributed by atoms with Crippen molar-refractivity contribution in [3.63, 3.8) is 0 Å². The molecule has 1 heterocycles. The molecule has 0 aliphatic rings. The third-order valence-electron chi connectivity index (χ3n) is 2.22. The second-order valence-electron chi connectivity index (χ2n) is 3.11. The molecule has 0 aromatic carbocycles. The molecule has 1 rings (SSSR count). The Balaban J connectivity index is 2.83. The van der Waals surface area contributed by atoms with Crippen LogP contribution in [0.5, 0.6) is 0 Å². The van der Waals surface area contributed by atoms with Gasteiger partial charge >= 0.3 is 0 Å². The number of aliphatic hydroxyl groups excluding tert-OH is 2. The predicted octanol–water partition coefficient (Wildman–Crippen LogP) is 0.375. The molecule has 0 aliphatic carbocycles. The zero-order valence-electron chi connectivity index (χ0n) is 8.12. The molecular weight excluding hydrogens is 168 g/mol. The van der Waals surface area contributed by atoms with Crippen molar-refractivity contribution >= 4 is 0 Å². The molecule has 4 heteroatoms. The zero-order valence-corrected chi connectivity index (χ0v) is 8.12. The Morgan fingerprint density at radius 1 is 1.31 bits per heavy atom. The molecule has 0 saturated heterocycles. The number of aliphatic hydroxyl groups is 2. The molecule has 0 fully saturated rings. The van der Waals surface area contributed by atoms with E-state index in [0.29, 0.717) is 13.0 Å². The molecule has 0 spiro atoms. The number of rotatable bonds is 4. The molecule has 0 bridgehead atoms. The van der Waals surface area contributed by atoms with E-state index < -0.39 is 0 Å². The first-order chi connectivity index (χ1) is 6.20. The maximum atomic E-state index is 9.04. The van der Waals surface area contributed by atoms with Crippen LogP contribution in [0.3, 0.4) is 0 Å². The quantitative estimate of drug-likeness (QED) is 0.711. The number of nitrogens with zero attached hydrogens (tertiary/aromatic N) is 2. The summed E-state index contributed by atoms with van der Waals surface area (Å²) in [5, 5.41) is 22.0. The summed E-state index contributed by atoms with van der Waals surface area (Å²) in [6, 6.07) is 0. The van der Waals surface area contributed by atoms with Crippen LogP contribution in [0.2, 0.25) is 0 Å². The maximum absolute atomic E-state index is 9.04. The van der Waals surface area contributed by atoms with E-state index in [-0.39, 0.29) is 13.2 Å². The number of aryl methyl sites for hydroxylation is 2. The molecule has 4 nitrogen and oxygen atoms in total. The third-order valence-corrected chi connectivity index (χ3v) is 2.22. The summed E-state index contributed by atoms with van der Waals surface area (Å²) in [4.78, 5) is 0. The highest BCUT2D eigenvalue weighted by molar-refractivity contribution is 5.23. The van der Waals surface area contributed by atoms with Crippen molar-refractivity contribution in [2.24, 2.45) is 0 Å². The van der Waals surface area contributed by atoms with Crippen molar-refractivity contribution < 1.29 is 10.2 Å². The molecule has 0 aliphatic heterocycles. The van der Waals surface area contributed by atoms with Gasteiger partial charge in [0.15, 0.2) is 0 Å². The van der Waals surface area contributed by atoms with Gasteiger partial charge in [-0.25, -0.2) is 0 Å². The Morgan fingerprint density at radius 3 is 2.46 bits per heavy atom. The standard InChI is InChI=1S/C9H16N2O2/c1-7-9(6-13)8(2)11(10-7)4-3-5-12/h12-13H,3-6H2,1-2H3. The summed E-state index contributed by atoms with van der Waals surface area (Å²) in [5.41, 5.74) is 2.77. The van der Waals surface area contributed by atoms with Gasteiger partial charge < -0.3 is 10.2 Å². The Morgan fingerprint density at radius 2 is 2.00 bits per heavy atom. The molecule has 2 N–H and O–H groups in total. The molecule has 0 atom stereocenters. The fourth-order valence-corrected chi connectivity index (χ4v) is 1.40. The number of hydrogen-bond acceptors (Lipinski definition) is 3. The molecule has 13 heavy (non-hydrogen) atoms. The van der Waals surface area contributed by atoms with E-state index in [9.17, 15) is 0 Å². The molecule has 0 saturated carbocycles. The van der Waals surface area contributed by atoms with Gasteiger partial charge in [-0.15, -0.1) is 0 Å². The second-order valence-corrected chi connectivity index (χ2v) is 3.11. The lowest BCUT2D eigenvalue weighted by Gasteiger charge is -2.02. The van der Waals surface area contributed by atoms with Gasteiger partial charge in [0.1, 0.15) is 0 Å². The highest BCUT2D eigenvalue weighted by Crippen LogP contribution is 2.12. The minimum Gasteiger partial charge on any atom is -0.396 e. The van der Waals surface area contributed by atoms with Crippen molar-refractivity contribution in [3.8, 4) is 0 Å². The predicted molar refractivity (Wildman–Crippen MR) is 49.3 cm³/mol. The normalized spacial score (nSPS) is 10.8. The molecule has 0 unspecified atom stereocenters. The summed E-state index contributed by atoms with van der Waals surface area (Å²) >= 11 is 0. The lowest BCUT2D eigenvalue weighted by Crippen LogP contribution is -2.04. The molecule has 74 valence electrons. The van der Waals surface area contributed by atoms with Crippen molar-refractivity contribution in [1.82, 2.24) is 9.78 Å². The lowest BCUT2D eigenvalue weighted by atomic mass is 10.2. The topological polar surface area (TPSA) is 58.3 Å². The lowest BCUT2D eigenvalue weighted by molar-refractivity contribution is 0.274. The molecule has 1 aromatic rings. The number of aromatic nitrogens is 2. The van der Waals surface area contributed by atoms with Crippen LogP contribution in [0.4, 0.5) is 0 Å². The van der Waals surface area contributed by atoms with Gasteiger partial charge in [0, 0.05) is 24.4 Å². The Hall–Kier alpha value is -0.870. The summed E-state index contributed by atoms with van der Waals surface area (Å²) in [7, 11) is 0.